The van der Waals surface area contributed by atoms with Crippen LogP contribution in [0.5, 0.6) is 5.75 Å². The molecule has 1 atom stereocenters. The van der Waals surface area contributed by atoms with Gasteiger partial charge in [-0.3, -0.25) is 0 Å². The summed E-state index contributed by atoms with van der Waals surface area (Å²) in [6.45, 7) is 5.91. The summed E-state index contributed by atoms with van der Waals surface area (Å²) in [7, 11) is 0. The Kier molecular flexibility index (Phi) is 3.32. The Morgan fingerprint density at radius 1 is 1.42 bits per heavy atom. The zero-order valence-corrected chi connectivity index (χ0v) is 11.2. The number of hydrogen-bond acceptors (Lipinski definition) is 5. The normalized spacial score (nSPS) is 22.8. The molecule has 1 N–H and O–H groups in total. The lowest BCUT2D eigenvalue weighted by atomic mass is 10.1. The van der Waals surface area contributed by atoms with Crippen molar-refractivity contribution in [1.82, 2.24) is 14.9 Å². The average molecular weight is 267 g/mol. The van der Waals surface area contributed by atoms with Gasteiger partial charge in [-0.15, -0.1) is 0 Å². The van der Waals surface area contributed by atoms with Crippen molar-refractivity contribution in [2.45, 2.75) is 38.7 Å². The molecule has 7 nitrogen and oxygen atoms in total. The molecule has 1 fully saturated rings. The highest BCUT2D eigenvalue weighted by molar-refractivity contribution is 5.66. The predicted molar refractivity (Wildman–Crippen MR) is 65.6 cm³/mol. The van der Waals surface area contributed by atoms with E-state index in [2.05, 4.69) is 9.97 Å². The molecule has 0 bridgehead atoms. The lowest BCUT2D eigenvalue weighted by molar-refractivity contribution is -0.342. The summed E-state index contributed by atoms with van der Waals surface area (Å²) in [5.41, 5.74) is -0.538. The topological polar surface area (TPSA) is 84.8 Å². The molecule has 0 aliphatic carbocycles. The van der Waals surface area contributed by atoms with Gasteiger partial charge in [0.25, 0.3) is 0 Å². The number of likely N-dealkylation sites (tertiary alicyclic amines) is 1. The lowest BCUT2D eigenvalue weighted by Crippen LogP contribution is -2.68. The fraction of sp³-hybridized carbons (Fsp3) is 0.583. The van der Waals surface area contributed by atoms with Gasteiger partial charge in [0.05, 0.1) is 24.4 Å². The van der Waals surface area contributed by atoms with E-state index in [1.807, 2.05) is 20.8 Å². The summed E-state index contributed by atoms with van der Waals surface area (Å²) in [6.07, 6.45) is 3.70. The van der Waals surface area contributed by atoms with Gasteiger partial charge >= 0.3 is 12.0 Å². The van der Waals surface area contributed by atoms with Crippen LogP contribution < -0.4 is 4.74 Å². The number of ether oxygens (including phenoxy) is 2. The van der Waals surface area contributed by atoms with E-state index >= 15 is 0 Å². The van der Waals surface area contributed by atoms with Gasteiger partial charge in [-0.2, -0.15) is 0 Å². The number of carbonyl (C=O) groups is 1. The smallest absolute Gasteiger partial charge is 0.412 e. The number of hydrogen-bond donors (Lipinski definition) is 1. The van der Waals surface area contributed by atoms with E-state index in [-0.39, 0.29) is 0 Å². The van der Waals surface area contributed by atoms with Crippen molar-refractivity contribution in [3.8, 4) is 5.75 Å². The third-order valence-corrected chi connectivity index (χ3v) is 2.57. The van der Waals surface area contributed by atoms with E-state index < -0.39 is 17.6 Å². The van der Waals surface area contributed by atoms with E-state index in [0.29, 0.717) is 18.7 Å². The number of nitrogens with zero attached hydrogens (tertiary/aromatic N) is 3. The van der Waals surface area contributed by atoms with Gasteiger partial charge in [-0.25, -0.2) is 19.7 Å². The molecule has 1 amide bonds. The Morgan fingerprint density at radius 3 is 2.47 bits per heavy atom. The minimum Gasteiger partial charge on any atom is -0.465 e. The summed E-state index contributed by atoms with van der Waals surface area (Å²) < 4.78 is 11.5. The van der Waals surface area contributed by atoms with E-state index in [1.165, 1.54) is 18.7 Å². The molecular formula is C12H17N3O4. The Morgan fingerprint density at radius 2 is 2.05 bits per heavy atom. The molecule has 0 saturated carbocycles. The van der Waals surface area contributed by atoms with Crippen LogP contribution in [-0.2, 0) is 4.74 Å². The van der Waals surface area contributed by atoms with E-state index in [1.54, 1.807) is 0 Å². The molecule has 1 aromatic heterocycles. The highest BCUT2D eigenvalue weighted by Gasteiger charge is 2.54. The summed E-state index contributed by atoms with van der Waals surface area (Å²) in [5.74, 6) is -0.924. The van der Waals surface area contributed by atoms with Gasteiger partial charge in [0.1, 0.15) is 6.33 Å². The van der Waals surface area contributed by atoms with Crippen molar-refractivity contribution in [2.75, 3.05) is 6.54 Å². The van der Waals surface area contributed by atoms with Crippen molar-refractivity contribution in [2.24, 2.45) is 0 Å². The van der Waals surface area contributed by atoms with Gasteiger partial charge < -0.3 is 14.6 Å². The molecule has 0 spiro atoms. The second-order valence-electron chi connectivity index (χ2n) is 5.29. The standard InChI is InChI=1S/C12H17N3O4/c1-11(2,3)19-12(4-5-15(12)10(16)17)18-9-6-13-8-14-7-9/h6-8H,4-5H2,1-3H3,(H,16,17). The zero-order valence-electron chi connectivity index (χ0n) is 11.2. The molecule has 0 radical (unpaired) electrons. The van der Waals surface area contributed by atoms with Crippen LogP contribution in [0.2, 0.25) is 0 Å². The Balaban J connectivity index is 2.23. The molecule has 2 rings (SSSR count). The first kappa shape index (κ1) is 13.5. The highest BCUT2D eigenvalue weighted by Crippen LogP contribution is 2.37. The van der Waals surface area contributed by atoms with Crippen LogP contribution >= 0.6 is 0 Å². The van der Waals surface area contributed by atoms with E-state index in [4.69, 9.17) is 9.47 Å². The fourth-order valence-electron chi connectivity index (χ4n) is 1.88. The number of amides is 1. The first-order chi connectivity index (χ1) is 8.82. The third kappa shape index (κ3) is 2.93. The maximum Gasteiger partial charge on any atom is 0.412 e. The molecule has 2 heterocycles. The Labute approximate surface area is 111 Å². The SMILES string of the molecule is CC(C)(C)OC1(Oc2cncnc2)CCN1C(=O)O. The molecule has 1 aliphatic rings. The second-order valence-corrected chi connectivity index (χ2v) is 5.29. The third-order valence-electron chi connectivity index (χ3n) is 2.57. The van der Waals surface area contributed by atoms with E-state index in [9.17, 15) is 9.90 Å². The minimum absolute atomic E-state index is 0.373. The second kappa shape index (κ2) is 4.65. The van der Waals surface area contributed by atoms with Crippen LogP contribution in [0, 0.1) is 0 Å². The number of rotatable bonds is 3. The number of aromatic nitrogens is 2. The van der Waals surface area contributed by atoms with E-state index in [0.717, 1.165) is 4.90 Å². The number of carboxylic acid groups (broad SMARTS) is 1. The van der Waals surface area contributed by atoms with Crippen LogP contribution in [0.25, 0.3) is 0 Å². The summed E-state index contributed by atoms with van der Waals surface area (Å²) >= 11 is 0. The van der Waals surface area contributed by atoms with Gasteiger partial charge in [0.15, 0.2) is 5.75 Å². The first-order valence-corrected chi connectivity index (χ1v) is 5.97. The maximum atomic E-state index is 11.2. The molecule has 1 aromatic rings. The molecular weight excluding hydrogens is 250 g/mol. The molecule has 19 heavy (non-hydrogen) atoms. The molecule has 104 valence electrons. The fourth-order valence-corrected chi connectivity index (χ4v) is 1.88. The van der Waals surface area contributed by atoms with Gasteiger partial charge in [-0.05, 0) is 20.8 Å². The monoisotopic (exact) mass is 267 g/mol. The zero-order chi connectivity index (χ0) is 14.1. The van der Waals surface area contributed by atoms with Crippen molar-refractivity contribution < 1.29 is 19.4 Å². The first-order valence-electron chi connectivity index (χ1n) is 5.97. The van der Waals surface area contributed by atoms with Crippen molar-refractivity contribution in [1.29, 1.82) is 0 Å². The maximum absolute atomic E-state index is 11.2. The largest absolute Gasteiger partial charge is 0.465 e. The lowest BCUT2D eigenvalue weighted by Gasteiger charge is -2.51. The quantitative estimate of drug-likeness (QED) is 0.839. The minimum atomic E-state index is -1.30. The average Bonchev–Trinajstić information content (AvgIpc) is 2.25. The molecule has 7 heteroatoms. The highest BCUT2D eigenvalue weighted by atomic mass is 16.7. The molecule has 0 aromatic carbocycles. The van der Waals surface area contributed by atoms with Gasteiger partial charge in [0, 0.05) is 6.54 Å². The predicted octanol–water partition coefficient (Wildman–Crippen LogP) is 1.71. The molecule has 1 unspecified atom stereocenters. The molecule has 1 aliphatic heterocycles. The van der Waals surface area contributed by atoms with Crippen LogP contribution in [0.15, 0.2) is 18.7 Å². The van der Waals surface area contributed by atoms with Gasteiger partial charge in [0.2, 0.25) is 0 Å². The van der Waals surface area contributed by atoms with Gasteiger partial charge in [-0.1, -0.05) is 0 Å². The molecule has 1 saturated heterocycles. The van der Waals surface area contributed by atoms with Crippen LogP contribution in [0.1, 0.15) is 27.2 Å². The van der Waals surface area contributed by atoms with Crippen molar-refractivity contribution >= 4 is 6.09 Å². The Hall–Kier alpha value is -1.89. The summed E-state index contributed by atoms with van der Waals surface area (Å²) in [5, 5.41) is 9.18. The Bertz CT molecular complexity index is 460. The van der Waals surface area contributed by atoms with Crippen LogP contribution in [0.4, 0.5) is 4.79 Å². The van der Waals surface area contributed by atoms with Crippen molar-refractivity contribution in [3.63, 3.8) is 0 Å². The summed E-state index contributed by atoms with van der Waals surface area (Å²) in [6, 6.07) is 0. The summed E-state index contributed by atoms with van der Waals surface area (Å²) in [4.78, 5) is 20.0. The van der Waals surface area contributed by atoms with Crippen LogP contribution in [-0.4, -0.2) is 44.1 Å². The van der Waals surface area contributed by atoms with Crippen LogP contribution in [0.3, 0.4) is 0 Å². The van der Waals surface area contributed by atoms with Crippen molar-refractivity contribution in [3.05, 3.63) is 18.7 Å².